The molecule has 0 nitrogen and oxygen atoms in total. The summed E-state index contributed by atoms with van der Waals surface area (Å²) in [5.74, 6) is 0. The Kier molecular flexibility index (Phi) is 8.58. The SMILES string of the molecule is C=Cc1c2cc3c4c(-c5ccccc5-c5ccccc5)ccc(-c5ccccc5)c4c4cccc(c2cc2c1c(=C)c1c(C)c5ccccc5c(-c5ccccc5)c12)c43.CC. The molecule has 0 bridgehead atoms. The molecular weight excluding hydrogens is 733 g/mol. The minimum atomic E-state index is 1.07. The van der Waals surface area contributed by atoms with Crippen LogP contribution in [0.1, 0.15) is 25.0 Å². The van der Waals surface area contributed by atoms with Gasteiger partial charge in [-0.25, -0.2) is 0 Å². The molecule has 0 aliphatic rings. The van der Waals surface area contributed by atoms with E-state index in [4.69, 9.17) is 6.58 Å². The molecule has 0 radical (unpaired) electrons. The maximum atomic E-state index is 4.90. The summed E-state index contributed by atoms with van der Waals surface area (Å²) >= 11 is 0. The fraction of sp³-hybridized carbons (Fsp3) is 0.0492. The average Bonchev–Trinajstić information content (AvgIpc) is 3.82. The first-order valence-corrected chi connectivity index (χ1v) is 21.5. The Labute approximate surface area is 356 Å². The molecule has 0 heterocycles. The summed E-state index contributed by atoms with van der Waals surface area (Å²) in [4.78, 5) is 0. The molecule has 0 unspecified atom stereocenters. The molecular formula is C61H44. The smallest absolute Gasteiger partial charge is 0.00110 e. The summed E-state index contributed by atoms with van der Waals surface area (Å²) in [6.07, 6.45) is 2.08. The Morgan fingerprint density at radius 3 is 1.54 bits per heavy atom. The molecule has 0 aliphatic carbocycles. The van der Waals surface area contributed by atoms with Crippen LogP contribution in [0.25, 0.3) is 133 Å². The van der Waals surface area contributed by atoms with Crippen molar-refractivity contribution < 1.29 is 0 Å². The highest BCUT2D eigenvalue weighted by Gasteiger charge is 2.25. The van der Waals surface area contributed by atoms with Crippen molar-refractivity contribution >= 4 is 88.1 Å². The maximum Gasteiger partial charge on any atom is -0.00110 e. The molecule has 0 fully saturated rings. The van der Waals surface area contributed by atoms with Gasteiger partial charge < -0.3 is 0 Å². The molecule has 0 spiro atoms. The van der Waals surface area contributed by atoms with E-state index in [-0.39, 0.29) is 0 Å². The van der Waals surface area contributed by atoms with Crippen molar-refractivity contribution in [3.05, 3.63) is 205 Å². The quantitative estimate of drug-likeness (QED) is 0.153. The average molecular weight is 777 g/mol. The van der Waals surface area contributed by atoms with Crippen molar-refractivity contribution in [2.75, 3.05) is 0 Å². The Morgan fingerprint density at radius 1 is 0.344 bits per heavy atom. The second-order valence-corrected chi connectivity index (χ2v) is 16.0. The van der Waals surface area contributed by atoms with E-state index >= 15 is 0 Å². The molecule has 0 amide bonds. The molecule has 0 saturated carbocycles. The molecule has 0 saturated heterocycles. The van der Waals surface area contributed by atoms with E-state index in [1.807, 2.05) is 13.8 Å². The topological polar surface area (TPSA) is 0 Å². The van der Waals surface area contributed by atoms with Gasteiger partial charge in [0.05, 0.1) is 0 Å². The van der Waals surface area contributed by atoms with E-state index in [0.29, 0.717) is 0 Å². The van der Waals surface area contributed by atoms with Gasteiger partial charge in [-0.05, 0) is 155 Å². The second kappa shape index (κ2) is 14.3. The third kappa shape index (κ3) is 5.25. The number of aryl methyl sites for hydroxylation is 1. The fourth-order valence-electron chi connectivity index (χ4n) is 10.6. The van der Waals surface area contributed by atoms with Crippen LogP contribution in [-0.4, -0.2) is 0 Å². The lowest BCUT2D eigenvalue weighted by Gasteiger charge is -2.15. The van der Waals surface area contributed by atoms with E-state index in [0.717, 1.165) is 10.8 Å². The normalized spacial score (nSPS) is 11.7. The van der Waals surface area contributed by atoms with Crippen LogP contribution >= 0.6 is 0 Å². The summed E-state index contributed by atoms with van der Waals surface area (Å²) in [5, 5.41) is 18.7. The van der Waals surface area contributed by atoms with Gasteiger partial charge in [-0.1, -0.05) is 203 Å². The maximum absolute atomic E-state index is 4.90. The van der Waals surface area contributed by atoms with Gasteiger partial charge in [-0.3, -0.25) is 0 Å². The molecule has 0 heteroatoms. The lowest BCUT2D eigenvalue weighted by Crippen LogP contribution is -1.99. The molecule has 0 aliphatic heterocycles. The van der Waals surface area contributed by atoms with Crippen molar-refractivity contribution in [3.8, 4) is 44.5 Å². The summed E-state index contributed by atoms with van der Waals surface area (Å²) in [6.45, 7) is 15.7. The van der Waals surface area contributed by atoms with Crippen LogP contribution in [0.15, 0.2) is 189 Å². The lowest BCUT2D eigenvalue weighted by molar-refractivity contribution is 1.50. The lowest BCUT2D eigenvalue weighted by atomic mass is 9.88. The third-order valence-electron chi connectivity index (χ3n) is 13.1. The van der Waals surface area contributed by atoms with Crippen LogP contribution in [0.4, 0.5) is 0 Å². The first kappa shape index (κ1) is 36.5. The van der Waals surface area contributed by atoms with E-state index in [2.05, 4.69) is 202 Å². The minimum Gasteiger partial charge on any atom is -0.0984 e. The van der Waals surface area contributed by atoms with E-state index in [1.54, 1.807) is 0 Å². The molecule has 0 N–H and O–H groups in total. The van der Waals surface area contributed by atoms with Crippen LogP contribution in [0.3, 0.4) is 0 Å². The standard InChI is InChI=1S/C59H38.C2H6/c1-4-40-49-33-52-56-46(50(49)34-51-54(40)36(3)53-35(2)41-25-14-17-28-45(41)55(59(51)53)39-23-12-7-13-24-39)29-18-30-48(56)57-43(38-21-10-6-11-22-38)31-32-47(58(52)57)44-27-16-15-26-42(44)37-19-8-5-9-20-37;1-2/h4-34H,1,3H2,2H3;1-2H3. The van der Waals surface area contributed by atoms with Gasteiger partial charge in [-0.2, -0.15) is 0 Å². The zero-order valence-corrected chi connectivity index (χ0v) is 34.8. The molecule has 61 heavy (non-hydrogen) atoms. The monoisotopic (exact) mass is 776 g/mol. The highest BCUT2D eigenvalue weighted by atomic mass is 14.3. The van der Waals surface area contributed by atoms with Gasteiger partial charge in [0.2, 0.25) is 0 Å². The van der Waals surface area contributed by atoms with Gasteiger partial charge in [0.1, 0.15) is 0 Å². The van der Waals surface area contributed by atoms with Gasteiger partial charge in [0.15, 0.2) is 0 Å². The van der Waals surface area contributed by atoms with Crippen molar-refractivity contribution in [1.82, 2.24) is 0 Å². The van der Waals surface area contributed by atoms with E-state index < -0.39 is 0 Å². The van der Waals surface area contributed by atoms with Crippen molar-refractivity contribution in [2.45, 2.75) is 20.8 Å². The molecule has 0 atom stereocenters. The number of fused-ring (bicyclic) bond motifs is 9. The van der Waals surface area contributed by atoms with Crippen LogP contribution in [0.2, 0.25) is 0 Å². The van der Waals surface area contributed by atoms with Gasteiger partial charge in [0.25, 0.3) is 0 Å². The Bertz CT molecular complexity index is 3730. The van der Waals surface area contributed by atoms with Crippen molar-refractivity contribution in [3.63, 3.8) is 0 Å². The van der Waals surface area contributed by atoms with Crippen LogP contribution in [0, 0.1) is 6.92 Å². The predicted octanol–water partition coefficient (Wildman–Crippen LogP) is 17.0. The van der Waals surface area contributed by atoms with E-state index in [1.165, 1.54) is 125 Å². The van der Waals surface area contributed by atoms with Gasteiger partial charge in [-0.15, -0.1) is 0 Å². The Hall–Kier alpha value is -7.54. The number of benzene rings is 10. The minimum absolute atomic E-state index is 1.07. The summed E-state index contributed by atoms with van der Waals surface area (Å²) < 4.78 is 0. The fourth-order valence-corrected chi connectivity index (χ4v) is 10.6. The molecule has 12 aromatic carbocycles. The van der Waals surface area contributed by atoms with Crippen LogP contribution < -0.4 is 5.22 Å². The summed E-state index contributed by atoms with van der Waals surface area (Å²) in [6, 6.07) is 66.9. The van der Waals surface area contributed by atoms with Crippen molar-refractivity contribution in [1.29, 1.82) is 0 Å². The van der Waals surface area contributed by atoms with E-state index in [9.17, 15) is 0 Å². The zero-order valence-electron chi connectivity index (χ0n) is 34.8. The molecule has 12 aromatic rings. The Morgan fingerprint density at radius 2 is 0.852 bits per heavy atom. The molecule has 12 rings (SSSR count). The highest BCUT2D eigenvalue weighted by Crippen LogP contribution is 2.51. The Balaban J connectivity index is 0.00000207. The number of hydrogen-bond acceptors (Lipinski definition) is 0. The summed E-state index contributed by atoms with van der Waals surface area (Å²) in [7, 11) is 0. The van der Waals surface area contributed by atoms with Crippen LogP contribution in [-0.2, 0) is 0 Å². The second-order valence-electron chi connectivity index (χ2n) is 16.0. The molecule has 288 valence electrons. The number of rotatable bonds is 5. The van der Waals surface area contributed by atoms with Crippen LogP contribution in [0.5, 0.6) is 0 Å². The molecule has 0 aromatic heterocycles. The van der Waals surface area contributed by atoms with Crippen molar-refractivity contribution in [2.24, 2.45) is 0 Å². The number of hydrogen-bond donors (Lipinski definition) is 0. The van der Waals surface area contributed by atoms with Gasteiger partial charge in [0, 0.05) is 0 Å². The zero-order chi connectivity index (χ0) is 41.4. The third-order valence-corrected chi connectivity index (χ3v) is 13.1. The summed E-state index contributed by atoms with van der Waals surface area (Å²) in [5.41, 5.74) is 12.3. The largest absolute Gasteiger partial charge is 0.0984 e. The van der Waals surface area contributed by atoms with Gasteiger partial charge >= 0.3 is 0 Å². The highest BCUT2D eigenvalue weighted by molar-refractivity contribution is 6.40. The first-order valence-electron chi connectivity index (χ1n) is 21.5. The predicted molar refractivity (Wildman–Crippen MR) is 269 cm³/mol. The first-order chi connectivity index (χ1) is 30.1.